The smallest absolute Gasteiger partial charge is 0.363 e. The fourth-order valence-electron chi connectivity index (χ4n) is 4.61. The Morgan fingerprint density at radius 2 is 1.97 bits per heavy atom. The van der Waals surface area contributed by atoms with Crippen molar-refractivity contribution in [3.05, 3.63) is 57.1 Å². The van der Waals surface area contributed by atoms with E-state index >= 15 is 0 Å². The molecule has 11 heteroatoms. The number of fused-ring (bicyclic) bond motifs is 1. The molecule has 4 rings (SSSR count). The molecule has 0 bridgehead atoms. The second kappa shape index (κ2) is 9.88. The first-order valence-corrected chi connectivity index (χ1v) is 11.8. The summed E-state index contributed by atoms with van der Waals surface area (Å²) < 4.78 is 42.2. The maximum Gasteiger partial charge on any atom is 0.416 e. The normalized spacial score (nSPS) is 17.1. The molecule has 0 saturated carbocycles. The second-order valence-electron chi connectivity index (χ2n) is 9.25. The predicted octanol–water partition coefficient (Wildman–Crippen LogP) is 4.25. The van der Waals surface area contributed by atoms with Crippen LogP contribution in [-0.2, 0) is 18.0 Å². The molecule has 3 N–H and O–H groups in total. The third-order valence-electron chi connectivity index (χ3n) is 6.40. The lowest BCUT2D eigenvalue weighted by molar-refractivity contribution is -0.137. The molecule has 8 nitrogen and oxygen atoms in total. The molecule has 2 aromatic heterocycles. The zero-order chi connectivity index (χ0) is 26.2. The van der Waals surface area contributed by atoms with Crippen molar-refractivity contribution in [2.75, 3.05) is 23.7 Å². The van der Waals surface area contributed by atoms with Crippen LogP contribution in [0.3, 0.4) is 0 Å². The number of amides is 1. The van der Waals surface area contributed by atoms with E-state index in [4.69, 9.17) is 0 Å². The topological polar surface area (TPSA) is 101 Å². The van der Waals surface area contributed by atoms with Crippen LogP contribution in [0.1, 0.15) is 61.2 Å². The monoisotopic (exact) mass is 502 g/mol. The van der Waals surface area contributed by atoms with Gasteiger partial charge in [0.25, 0.3) is 5.56 Å². The first-order valence-electron chi connectivity index (χ1n) is 11.8. The Hall–Kier alpha value is -3.47. The maximum absolute atomic E-state index is 13.5. The van der Waals surface area contributed by atoms with Crippen LogP contribution in [0.15, 0.2) is 29.1 Å². The Bertz CT molecular complexity index is 1360. The largest absolute Gasteiger partial charge is 0.416 e. The third-order valence-corrected chi connectivity index (χ3v) is 6.40. The molecule has 1 unspecified atom stereocenters. The van der Waals surface area contributed by atoms with Crippen LogP contribution in [0.2, 0.25) is 0 Å². The van der Waals surface area contributed by atoms with E-state index < -0.39 is 23.7 Å². The van der Waals surface area contributed by atoms with Crippen LogP contribution < -0.4 is 21.5 Å². The number of nitrogens with one attached hydrogen (secondary N) is 3. The molecule has 1 aliphatic rings. The lowest BCUT2D eigenvalue weighted by Crippen LogP contribution is -2.33. The lowest BCUT2D eigenvalue weighted by Gasteiger charge is -2.24. The average molecular weight is 503 g/mol. The molecule has 0 spiro atoms. The molecule has 0 radical (unpaired) electrons. The fourth-order valence-corrected chi connectivity index (χ4v) is 4.61. The summed E-state index contributed by atoms with van der Waals surface area (Å²) in [5.74, 6) is 0.424. The van der Waals surface area contributed by atoms with E-state index in [9.17, 15) is 22.8 Å². The van der Waals surface area contributed by atoms with Gasteiger partial charge < -0.3 is 16.0 Å². The molecule has 1 amide bonds. The van der Waals surface area contributed by atoms with Gasteiger partial charge in [0.2, 0.25) is 5.91 Å². The molecule has 0 aliphatic carbocycles. The first-order chi connectivity index (χ1) is 16.9. The molecular formula is C25H29F3N6O2. The van der Waals surface area contributed by atoms with Gasteiger partial charge in [-0.1, -0.05) is 0 Å². The lowest BCUT2D eigenvalue weighted by atomic mass is 9.92. The van der Waals surface area contributed by atoms with Crippen molar-refractivity contribution in [2.45, 2.75) is 51.7 Å². The van der Waals surface area contributed by atoms with Gasteiger partial charge in [-0.3, -0.25) is 14.2 Å². The van der Waals surface area contributed by atoms with Gasteiger partial charge in [-0.05, 0) is 63.1 Å². The molecule has 1 fully saturated rings. The first kappa shape index (κ1) is 25.6. The molecule has 36 heavy (non-hydrogen) atoms. The van der Waals surface area contributed by atoms with E-state index in [-0.39, 0.29) is 17.2 Å². The van der Waals surface area contributed by atoms with Crippen LogP contribution in [0, 0.1) is 6.92 Å². The summed E-state index contributed by atoms with van der Waals surface area (Å²) in [6.45, 7) is 6.25. The van der Waals surface area contributed by atoms with Gasteiger partial charge in [0.15, 0.2) is 0 Å². The van der Waals surface area contributed by atoms with Gasteiger partial charge in [0.05, 0.1) is 17.0 Å². The van der Waals surface area contributed by atoms with Crippen molar-refractivity contribution in [2.24, 2.45) is 7.05 Å². The standard InChI is InChI=1S/C25H29F3N6O2/c1-13(17-8-18(25(26,27)28)10-19(9-17)33-15(3)35)30-22-21-11-20(16-6-5-7-29-12-16)24(36)34(4)23(21)32-14(2)31-22/h8-11,13,16,29H,5-7,12H2,1-4H3,(H,33,35)(H,30,31,32)/t13-,16?/m1/s1. The quantitative estimate of drug-likeness (QED) is 0.482. The number of anilines is 2. The molecule has 2 atom stereocenters. The predicted molar refractivity (Wildman–Crippen MR) is 132 cm³/mol. The molecule has 3 heterocycles. The highest BCUT2D eigenvalue weighted by Crippen LogP contribution is 2.35. The van der Waals surface area contributed by atoms with E-state index in [1.54, 1.807) is 27.0 Å². The summed E-state index contributed by atoms with van der Waals surface area (Å²) in [7, 11) is 1.66. The zero-order valence-electron chi connectivity index (χ0n) is 20.6. The molecule has 1 aromatic carbocycles. The number of halogens is 3. The summed E-state index contributed by atoms with van der Waals surface area (Å²) in [5, 5.41) is 9.59. The molecule has 1 aliphatic heterocycles. The number of nitrogens with zero attached hydrogens (tertiary/aromatic N) is 3. The SMILES string of the molecule is CC(=O)Nc1cc([C@@H](C)Nc2nc(C)nc3c2cc(C2CCCNC2)c(=O)n3C)cc(C(F)(F)F)c1. The Morgan fingerprint density at radius 1 is 1.22 bits per heavy atom. The summed E-state index contributed by atoms with van der Waals surface area (Å²) >= 11 is 0. The number of rotatable bonds is 5. The summed E-state index contributed by atoms with van der Waals surface area (Å²) in [5.41, 5.74) is 0.491. The number of pyridine rings is 1. The number of benzene rings is 1. The van der Waals surface area contributed by atoms with Crippen LogP contribution in [0.5, 0.6) is 0 Å². The highest BCUT2D eigenvalue weighted by Gasteiger charge is 2.32. The van der Waals surface area contributed by atoms with Gasteiger partial charge in [-0.25, -0.2) is 9.97 Å². The summed E-state index contributed by atoms with van der Waals surface area (Å²) in [4.78, 5) is 33.6. The van der Waals surface area contributed by atoms with Crippen LogP contribution in [0.4, 0.5) is 24.7 Å². The Balaban J connectivity index is 1.78. The van der Waals surface area contributed by atoms with Gasteiger partial charge in [0, 0.05) is 37.7 Å². The Labute approximate surface area is 206 Å². The molecule has 192 valence electrons. The average Bonchev–Trinajstić information content (AvgIpc) is 2.81. The van der Waals surface area contributed by atoms with Gasteiger partial charge in [0.1, 0.15) is 17.3 Å². The number of aromatic nitrogens is 3. The number of alkyl halides is 3. The van der Waals surface area contributed by atoms with E-state index in [0.717, 1.165) is 31.5 Å². The molecule has 1 saturated heterocycles. The minimum Gasteiger partial charge on any atom is -0.363 e. The second-order valence-corrected chi connectivity index (χ2v) is 9.25. The summed E-state index contributed by atoms with van der Waals surface area (Å²) in [6, 6.07) is 4.66. The number of aryl methyl sites for hydroxylation is 2. The van der Waals surface area contributed by atoms with Gasteiger partial charge in [-0.2, -0.15) is 13.2 Å². The Kier molecular flexibility index (Phi) is 7.03. The number of carbonyl (C=O) groups excluding carboxylic acids is 1. The van der Waals surface area contributed by atoms with Crippen molar-refractivity contribution in [3.63, 3.8) is 0 Å². The highest BCUT2D eigenvalue weighted by molar-refractivity contribution is 5.89. The van der Waals surface area contributed by atoms with Crippen molar-refractivity contribution >= 4 is 28.4 Å². The minimum absolute atomic E-state index is 0.0529. The van der Waals surface area contributed by atoms with E-state index in [2.05, 4.69) is 25.9 Å². The van der Waals surface area contributed by atoms with E-state index in [0.29, 0.717) is 40.3 Å². The van der Waals surface area contributed by atoms with Gasteiger partial charge in [-0.15, -0.1) is 0 Å². The Morgan fingerprint density at radius 3 is 2.61 bits per heavy atom. The van der Waals surface area contributed by atoms with Crippen molar-refractivity contribution in [1.82, 2.24) is 19.9 Å². The van der Waals surface area contributed by atoms with E-state index in [1.807, 2.05) is 0 Å². The summed E-state index contributed by atoms with van der Waals surface area (Å²) in [6.07, 6.45) is -2.73. The molecule has 3 aromatic rings. The van der Waals surface area contributed by atoms with Crippen LogP contribution >= 0.6 is 0 Å². The zero-order valence-corrected chi connectivity index (χ0v) is 20.6. The highest BCUT2D eigenvalue weighted by atomic mass is 19.4. The van der Waals surface area contributed by atoms with Crippen LogP contribution in [-0.4, -0.2) is 33.5 Å². The van der Waals surface area contributed by atoms with Gasteiger partial charge >= 0.3 is 6.18 Å². The minimum atomic E-state index is -4.58. The van der Waals surface area contributed by atoms with Crippen LogP contribution in [0.25, 0.3) is 11.0 Å². The van der Waals surface area contributed by atoms with Crippen molar-refractivity contribution in [3.8, 4) is 0 Å². The number of carbonyl (C=O) groups is 1. The fraction of sp³-hybridized carbons (Fsp3) is 0.440. The number of hydrogen-bond donors (Lipinski definition) is 3. The number of piperidine rings is 1. The van der Waals surface area contributed by atoms with Crippen molar-refractivity contribution in [1.29, 1.82) is 0 Å². The third kappa shape index (κ3) is 5.35. The van der Waals surface area contributed by atoms with E-state index in [1.165, 1.54) is 17.6 Å². The van der Waals surface area contributed by atoms with Crippen molar-refractivity contribution < 1.29 is 18.0 Å². The molecular weight excluding hydrogens is 473 g/mol. The maximum atomic E-state index is 13.5. The number of hydrogen-bond acceptors (Lipinski definition) is 6.